The fraction of sp³-hybridized carbons (Fsp3) is 0.524. The lowest BCUT2D eigenvalue weighted by atomic mass is 9.97. The van der Waals surface area contributed by atoms with Crippen molar-refractivity contribution in [1.82, 2.24) is 10.3 Å². The van der Waals surface area contributed by atoms with Crippen LogP contribution in [0.4, 0.5) is 5.13 Å². The highest BCUT2D eigenvalue weighted by molar-refractivity contribution is 7.15. The first-order valence-corrected chi connectivity index (χ1v) is 10.9. The molecule has 0 spiro atoms. The highest BCUT2D eigenvalue weighted by Crippen LogP contribution is 2.30. The first kappa shape index (κ1) is 20.5. The molecule has 1 saturated carbocycles. The van der Waals surface area contributed by atoms with Crippen molar-refractivity contribution < 1.29 is 14.6 Å². The van der Waals surface area contributed by atoms with Gasteiger partial charge >= 0.3 is 0 Å². The van der Waals surface area contributed by atoms with Gasteiger partial charge in [0.2, 0.25) is 5.88 Å². The Hall–Kier alpha value is -2.28. The molecule has 0 saturated heterocycles. The van der Waals surface area contributed by atoms with Crippen molar-refractivity contribution in [3.8, 4) is 11.6 Å². The van der Waals surface area contributed by atoms with E-state index in [1.165, 1.54) is 43.4 Å². The van der Waals surface area contributed by atoms with Crippen molar-refractivity contribution in [1.29, 1.82) is 0 Å². The number of aromatic nitrogens is 1. The van der Waals surface area contributed by atoms with Gasteiger partial charge in [0.25, 0.3) is 5.91 Å². The molecule has 1 heterocycles. The second-order valence-electron chi connectivity index (χ2n) is 7.15. The number of ether oxygens (including phenoxy) is 1. The molecular formula is C21H29N3O3S. The van der Waals surface area contributed by atoms with E-state index in [0.29, 0.717) is 24.8 Å². The molecule has 3 rings (SSSR count). The molecule has 2 aromatic rings. The Morgan fingerprint density at radius 2 is 1.86 bits per heavy atom. The molecule has 6 nitrogen and oxygen atoms in total. The van der Waals surface area contributed by atoms with E-state index in [-0.39, 0.29) is 18.4 Å². The average molecular weight is 404 g/mol. The number of hydrogen-bond donors (Lipinski definition) is 3. The van der Waals surface area contributed by atoms with Gasteiger partial charge in [-0.1, -0.05) is 61.6 Å². The number of carbonyl (C=O) groups excluding carboxylic acids is 1. The number of thiazole rings is 1. The van der Waals surface area contributed by atoms with Crippen LogP contribution < -0.4 is 15.4 Å². The van der Waals surface area contributed by atoms with Gasteiger partial charge in [0.05, 0.1) is 4.88 Å². The lowest BCUT2D eigenvalue weighted by Crippen LogP contribution is -2.30. The van der Waals surface area contributed by atoms with E-state index < -0.39 is 0 Å². The molecule has 7 heteroatoms. The van der Waals surface area contributed by atoms with Gasteiger partial charge in [-0.25, -0.2) is 0 Å². The Balaban J connectivity index is 1.40. The Bertz CT molecular complexity index is 728. The number of nitrogens with one attached hydrogen (secondary N) is 2. The molecule has 0 bridgehead atoms. The minimum atomic E-state index is -0.180. The molecular weight excluding hydrogens is 374 g/mol. The topological polar surface area (TPSA) is 83.5 Å². The van der Waals surface area contributed by atoms with E-state index in [0.717, 1.165) is 22.9 Å². The molecule has 1 amide bonds. The summed E-state index contributed by atoms with van der Waals surface area (Å²) in [5.74, 6) is 0.552. The SMILES string of the molecule is O=C(COc1ccccc1)NCCc1sc(NC2CCCCCCC2)nc1O. The highest BCUT2D eigenvalue weighted by atomic mass is 32.1. The van der Waals surface area contributed by atoms with Gasteiger partial charge in [-0.15, -0.1) is 0 Å². The predicted octanol–water partition coefficient (Wildman–Crippen LogP) is 4.11. The molecule has 0 atom stereocenters. The number of para-hydroxylation sites is 1. The largest absolute Gasteiger partial charge is 0.492 e. The second-order valence-corrected chi connectivity index (χ2v) is 8.24. The van der Waals surface area contributed by atoms with Crippen LogP contribution in [0.1, 0.15) is 49.8 Å². The quantitative estimate of drug-likeness (QED) is 0.618. The number of benzene rings is 1. The van der Waals surface area contributed by atoms with Crippen molar-refractivity contribution in [2.45, 2.75) is 57.4 Å². The van der Waals surface area contributed by atoms with E-state index in [9.17, 15) is 9.90 Å². The molecule has 1 aliphatic carbocycles. The molecule has 28 heavy (non-hydrogen) atoms. The summed E-state index contributed by atoms with van der Waals surface area (Å²) in [4.78, 5) is 16.9. The number of aromatic hydroxyl groups is 1. The van der Waals surface area contributed by atoms with Crippen molar-refractivity contribution >= 4 is 22.4 Å². The van der Waals surface area contributed by atoms with Crippen molar-refractivity contribution in [2.24, 2.45) is 0 Å². The zero-order valence-corrected chi connectivity index (χ0v) is 17.0. The number of amides is 1. The number of rotatable bonds is 8. The zero-order chi connectivity index (χ0) is 19.6. The Morgan fingerprint density at radius 3 is 2.61 bits per heavy atom. The van der Waals surface area contributed by atoms with Crippen LogP contribution in [0.15, 0.2) is 30.3 Å². The minimum Gasteiger partial charge on any atom is -0.492 e. The Labute approximate surface area is 170 Å². The number of nitrogens with zero attached hydrogens (tertiary/aromatic N) is 1. The maximum atomic E-state index is 11.9. The van der Waals surface area contributed by atoms with Crippen LogP contribution in [0, 0.1) is 0 Å². The van der Waals surface area contributed by atoms with Gasteiger partial charge in [-0.05, 0) is 25.0 Å². The van der Waals surface area contributed by atoms with Crippen LogP contribution in [-0.4, -0.2) is 35.2 Å². The van der Waals surface area contributed by atoms with Crippen LogP contribution in [0.5, 0.6) is 11.6 Å². The van der Waals surface area contributed by atoms with Crippen LogP contribution in [0.3, 0.4) is 0 Å². The Kier molecular flexibility index (Phi) is 7.96. The maximum Gasteiger partial charge on any atom is 0.257 e. The summed E-state index contributed by atoms with van der Waals surface area (Å²) in [5, 5.41) is 17.2. The van der Waals surface area contributed by atoms with E-state index in [4.69, 9.17) is 4.74 Å². The summed E-state index contributed by atoms with van der Waals surface area (Å²) < 4.78 is 5.42. The van der Waals surface area contributed by atoms with Crippen LogP contribution in [0.25, 0.3) is 0 Å². The molecule has 0 aliphatic heterocycles. The average Bonchev–Trinajstić information content (AvgIpc) is 3.02. The summed E-state index contributed by atoms with van der Waals surface area (Å²) in [6.45, 7) is 0.419. The van der Waals surface area contributed by atoms with Gasteiger partial charge in [0, 0.05) is 19.0 Å². The van der Waals surface area contributed by atoms with Gasteiger partial charge in [-0.2, -0.15) is 4.98 Å². The highest BCUT2D eigenvalue weighted by Gasteiger charge is 2.16. The molecule has 1 aliphatic rings. The molecule has 1 aromatic carbocycles. The van der Waals surface area contributed by atoms with Gasteiger partial charge in [0.15, 0.2) is 11.7 Å². The zero-order valence-electron chi connectivity index (χ0n) is 16.2. The number of carbonyl (C=O) groups is 1. The smallest absolute Gasteiger partial charge is 0.257 e. The van der Waals surface area contributed by atoms with Crippen LogP contribution in [0.2, 0.25) is 0 Å². The third-order valence-corrected chi connectivity index (χ3v) is 5.93. The molecule has 3 N–H and O–H groups in total. The standard InChI is InChI=1S/C21H29N3O3S/c25-19(15-27-17-11-7-4-8-12-17)22-14-13-18-20(26)24-21(28-18)23-16-9-5-2-1-3-6-10-16/h4,7-8,11-12,16,26H,1-3,5-6,9-10,13-15H2,(H,22,25)(H,23,24). The van der Waals surface area contributed by atoms with Crippen molar-refractivity contribution in [3.63, 3.8) is 0 Å². The first-order valence-electron chi connectivity index (χ1n) is 10.1. The van der Waals surface area contributed by atoms with Gasteiger partial charge < -0.3 is 20.5 Å². The lowest BCUT2D eigenvalue weighted by Gasteiger charge is -2.20. The summed E-state index contributed by atoms with van der Waals surface area (Å²) in [7, 11) is 0. The van der Waals surface area contributed by atoms with E-state index in [1.54, 1.807) is 0 Å². The summed E-state index contributed by atoms with van der Waals surface area (Å²) in [5.41, 5.74) is 0. The van der Waals surface area contributed by atoms with Crippen LogP contribution >= 0.6 is 11.3 Å². The van der Waals surface area contributed by atoms with Crippen molar-refractivity contribution in [2.75, 3.05) is 18.5 Å². The maximum absolute atomic E-state index is 11.9. The first-order chi connectivity index (χ1) is 13.7. The minimum absolute atomic E-state index is 0.0207. The summed E-state index contributed by atoms with van der Waals surface area (Å²) >= 11 is 1.47. The fourth-order valence-corrected chi connectivity index (χ4v) is 4.31. The summed E-state index contributed by atoms with van der Waals surface area (Å²) in [6, 6.07) is 9.69. The molecule has 0 radical (unpaired) electrons. The van der Waals surface area contributed by atoms with Crippen molar-refractivity contribution in [3.05, 3.63) is 35.2 Å². The Morgan fingerprint density at radius 1 is 1.14 bits per heavy atom. The monoisotopic (exact) mass is 403 g/mol. The molecule has 0 unspecified atom stereocenters. The number of anilines is 1. The number of hydrogen-bond acceptors (Lipinski definition) is 6. The van der Waals surface area contributed by atoms with E-state index in [1.807, 2.05) is 30.3 Å². The van der Waals surface area contributed by atoms with E-state index >= 15 is 0 Å². The van der Waals surface area contributed by atoms with E-state index in [2.05, 4.69) is 15.6 Å². The van der Waals surface area contributed by atoms with Crippen LogP contribution in [-0.2, 0) is 11.2 Å². The third-order valence-electron chi connectivity index (χ3n) is 4.90. The molecule has 152 valence electrons. The molecule has 1 fully saturated rings. The summed E-state index contributed by atoms with van der Waals surface area (Å²) in [6.07, 6.45) is 9.32. The van der Waals surface area contributed by atoms with Gasteiger partial charge in [-0.3, -0.25) is 4.79 Å². The molecule has 1 aromatic heterocycles. The normalized spacial score (nSPS) is 15.4. The predicted molar refractivity (Wildman–Crippen MR) is 112 cm³/mol. The lowest BCUT2D eigenvalue weighted by molar-refractivity contribution is -0.123. The third kappa shape index (κ3) is 6.71. The second kappa shape index (κ2) is 10.9. The van der Waals surface area contributed by atoms with Gasteiger partial charge in [0.1, 0.15) is 5.75 Å². The fourth-order valence-electron chi connectivity index (χ4n) is 3.38.